The summed E-state index contributed by atoms with van der Waals surface area (Å²) in [4.78, 5) is 2.91. The molecular weight excluding hydrogens is 380 g/mol. The Hall–Kier alpha value is -2.29. The van der Waals surface area contributed by atoms with Crippen molar-refractivity contribution >= 4 is 34.4 Å². The lowest BCUT2D eigenvalue weighted by Crippen LogP contribution is -2.36. The summed E-state index contributed by atoms with van der Waals surface area (Å²) in [6, 6.07) is 10.1. The highest BCUT2D eigenvalue weighted by Crippen LogP contribution is 2.23. The van der Waals surface area contributed by atoms with Crippen molar-refractivity contribution in [3.05, 3.63) is 52.7 Å². The van der Waals surface area contributed by atoms with Gasteiger partial charge >= 0.3 is 0 Å². The molecule has 0 spiro atoms. The topological polar surface area (TPSA) is 63.4 Å². The molecule has 6 nitrogen and oxygen atoms in total. The van der Waals surface area contributed by atoms with Gasteiger partial charge in [-0.05, 0) is 60.8 Å². The van der Waals surface area contributed by atoms with Gasteiger partial charge in [0.15, 0.2) is 5.11 Å². The number of nitrogens with zero attached hydrogens (tertiary/aromatic N) is 3. The minimum atomic E-state index is 0.415. The van der Waals surface area contributed by atoms with Crippen LogP contribution < -0.4 is 5.32 Å². The molecule has 0 bridgehead atoms. The summed E-state index contributed by atoms with van der Waals surface area (Å²) in [5.74, 6) is 1.04. The second-order valence-electron chi connectivity index (χ2n) is 6.12. The zero-order valence-corrected chi connectivity index (χ0v) is 17.2. The second kappa shape index (κ2) is 9.07. The number of anilines is 1. The van der Waals surface area contributed by atoms with Crippen LogP contribution in [0.2, 0.25) is 0 Å². The molecule has 0 aliphatic carbocycles. The smallest absolute Gasteiger partial charge is 0.257 e. The fraction of sp³-hybridized carbons (Fsp3) is 0.316. The summed E-state index contributed by atoms with van der Waals surface area (Å²) in [6.07, 6.45) is 0. The summed E-state index contributed by atoms with van der Waals surface area (Å²) in [6.45, 7) is 5.74. The van der Waals surface area contributed by atoms with Crippen molar-refractivity contribution in [2.75, 3.05) is 25.6 Å². The molecule has 142 valence electrons. The average Bonchev–Trinajstić information content (AvgIpc) is 3.33. The normalized spacial score (nSPS) is 10.8. The summed E-state index contributed by atoms with van der Waals surface area (Å²) in [5.41, 5.74) is 3.41. The van der Waals surface area contributed by atoms with E-state index in [1.54, 1.807) is 18.4 Å². The van der Waals surface area contributed by atoms with Crippen LogP contribution in [0.15, 0.2) is 40.1 Å². The lowest BCUT2D eigenvalue weighted by atomic mass is 10.1. The Balaban J connectivity index is 1.70. The SMILES string of the molecule is COCCN(Cc1nnc(-c2cccs2)o1)C(=S)Nc1ccc(C)c(C)c1. The molecule has 0 saturated carbocycles. The van der Waals surface area contributed by atoms with E-state index in [1.807, 2.05) is 28.5 Å². The number of aryl methyl sites for hydroxylation is 2. The first-order chi connectivity index (χ1) is 13.1. The maximum absolute atomic E-state index is 5.79. The molecule has 1 N–H and O–H groups in total. The zero-order chi connectivity index (χ0) is 19.2. The predicted molar refractivity (Wildman–Crippen MR) is 112 cm³/mol. The molecule has 8 heteroatoms. The highest BCUT2D eigenvalue weighted by atomic mass is 32.1. The maximum atomic E-state index is 5.79. The Morgan fingerprint density at radius 1 is 1.26 bits per heavy atom. The fourth-order valence-electron chi connectivity index (χ4n) is 2.46. The van der Waals surface area contributed by atoms with Gasteiger partial charge in [0.2, 0.25) is 5.89 Å². The molecule has 0 unspecified atom stereocenters. The molecule has 0 fully saturated rings. The van der Waals surface area contributed by atoms with Gasteiger partial charge in [0.25, 0.3) is 5.89 Å². The number of methoxy groups -OCH3 is 1. The molecule has 3 rings (SSSR count). The van der Waals surface area contributed by atoms with Crippen molar-refractivity contribution in [2.24, 2.45) is 0 Å². The number of aromatic nitrogens is 2. The van der Waals surface area contributed by atoms with Gasteiger partial charge in [-0.25, -0.2) is 0 Å². The van der Waals surface area contributed by atoms with E-state index in [0.717, 1.165) is 10.6 Å². The van der Waals surface area contributed by atoms with Crippen LogP contribution in [0.5, 0.6) is 0 Å². The predicted octanol–water partition coefficient (Wildman–Crippen LogP) is 4.26. The monoisotopic (exact) mass is 402 g/mol. The Bertz CT molecular complexity index is 893. The third kappa shape index (κ3) is 5.12. The molecule has 0 aliphatic rings. The van der Waals surface area contributed by atoms with Crippen LogP contribution in [-0.4, -0.2) is 40.5 Å². The average molecular weight is 403 g/mol. The lowest BCUT2D eigenvalue weighted by Gasteiger charge is -2.24. The van der Waals surface area contributed by atoms with E-state index in [-0.39, 0.29) is 0 Å². The molecular formula is C19H22N4O2S2. The Kier molecular flexibility index (Phi) is 6.54. The minimum absolute atomic E-state index is 0.415. The van der Waals surface area contributed by atoms with Crippen molar-refractivity contribution < 1.29 is 9.15 Å². The highest BCUT2D eigenvalue weighted by Gasteiger charge is 2.16. The standard InChI is InChI=1S/C19H22N4O2S2/c1-13-6-7-15(11-14(13)2)20-19(26)23(8-9-24-3)12-17-21-22-18(25-17)16-5-4-10-27-16/h4-7,10-11H,8-9,12H2,1-3H3,(H,20,26). The van der Waals surface area contributed by atoms with Crippen LogP contribution in [0.3, 0.4) is 0 Å². The van der Waals surface area contributed by atoms with Gasteiger partial charge < -0.3 is 19.4 Å². The van der Waals surface area contributed by atoms with Crippen LogP contribution in [0.25, 0.3) is 10.8 Å². The fourth-order valence-corrected chi connectivity index (χ4v) is 3.37. The number of ether oxygens (including phenoxy) is 1. The number of nitrogens with one attached hydrogen (secondary N) is 1. The van der Waals surface area contributed by atoms with Crippen LogP contribution >= 0.6 is 23.6 Å². The van der Waals surface area contributed by atoms with Gasteiger partial charge in [0.1, 0.15) is 0 Å². The molecule has 0 amide bonds. The number of thiocarbonyl (C=S) groups is 1. The van der Waals surface area contributed by atoms with Gasteiger partial charge in [-0.1, -0.05) is 12.1 Å². The van der Waals surface area contributed by atoms with Gasteiger partial charge in [-0.2, -0.15) is 0 Å². The molecule has 0 saturated heterocycles. The third-order valence-electron chi connectivity index (χ3n) is 4.14. The quantitative estimate of drug-likeness (QED) is 0.592. The van der Waals surface area contributed by atoms with Gasteiger partial charge in [-0.15, -0.1) is 21.5 Å². The second-order valence-corrected chi connectivity index (χ2v) is 7.46. The van der Waals surface area contributed by atoms with Crippen LogP contribution in [-0.2, 0) is 11.3 Å². The summed E-state index contributed by atoms with van der Waals surface area (Å²) < 4.78 is 11.0. The Morgan fingerprint density at radius 3 is 2.81 bits per heavy atom. The first-order valence-corrected chi connectivity index (χ1v) is 9.84. The molecule has 2 aromatic heterocycles. The lowest BCUT2D eigenvalue weighted by molar-refractivity contribution is 0.172. The van der Waals surface area contributed by atoms with E-state index < -0.39 is 0 Å². The number of rotatable bonds is 7. The van der Waals surface area contributed by atoms with E-state index in [4.69, 9.17) is 21.4 Å². The van der Waals surface area contributed by atoms with Crippen molar-refractivity contribution in [3.8, 4) is 10.8 Å². The Morgan fingerprint density at radius 2 is 2.11 bits per heavy atom. The molecule has 0 atom stereocenters. The number of hydrogen-bond donors (Lipinski definition) is 1. The first kappa shape index (κ1) is 19.5. The number of hydrogen-bond acceptors (Lipinski definition) is 6. The van der Waals surface area contributed by atoms with Gasteiger partial charge in [0.05, 0.1) is 18.0 Å². The molecule has 0 aliphatic heterocycles. The molecule has 1 aromatic carbocycles. The van der Waals surface area contributed by atoms with E-state index in [1.165, 1.54) is 11.1 Å². The van der Waals surface area contributed by atoms with Crippen molar-refractivity contribution in [3.63, 3.8) is 0 Å². The highest BCUT2D eigenvalue weighted by molar-refractivity contribution is 7.80. The number of thiophene rings is 1. The molecule has 27 heavy (non-hydrogen) atoms. The largest absolute Gasteiger partial charge is 0.418 e. The minimum Gasteiger partial charge on any atom is -0.418 e. The van der Waals surface area contributed by atoms with Crippen molar-refractivity contribution in [1.82, 2.24) is 15.1 Å². The zero-order valence-electron chi connectivity index (χ0n) is 15.6. The van der Waals surface area contributed by atoms with Gasteiger partial charge in [0, 0.05) is 19.3 Å². The van der Waals surface area contributed by atoms with Crippen LogP contribution in [0.1, 0.15) is 17.0 Å². The molecule has 0 radical (unpaired) electrons. The van der Waals surface area contributed by atoms with Crippen LogP contribution in [0, 0.1) is 13.8 Å². The first-order valence-electron chi connectivity index (χ1n) is 8.55. The van der Waals surface area contributed by atoms with E-state index >= 15 is 0 Å². The van der Waals surface area contributed by atoms with E-state index in [9.17, 15) is 0 Å². The summed E-state index contributed by atoms with van der Waals surface area (Å²) >= 11 is 7.17. The van der Waals surface area contributed by atoms with Crippen molar-refractivity contribution in [2.45, 2.75) is 20.4 Å². The molecule has 3 aromatic rings. The van der Waals surface area contributed by atoms with E-state index in [2.05, 4.69) is 41.5 Å². The van der Waals surface area contributed by atoms with Crippen LogP contribution in [0.4, 0.5) is 5.69 Å². The molecule has 2 heterocycles. The maximum Gasteiger partial charge on any atom is 0.257 e. The van der Waals surface area contributed by atoms with Gasteiger partial charge in [-0.3, -0.25) is 0 Å². The number of benzene rings is 1. The summed E-state index contributed by atoms with van der Waals surface area (Å²) in [7, 11) is 1.67. The third-order valence-corrected chi connectivity index (χ3v) is 5.35. The van der Waals surface area contributed by atoms with Crippen molar-refractivity contribution in [1.29, 1.82) is 0 Å². The summed E-state index contributed by atoms with van der Waals surface area (Å²) in [5, 5.41) is 14.1. The van der Waals surface area contributed by atoms with E-state index in [0.29, 0.717) is 36.6 Å². The Labute approximate surface area is 168 Å².